The van der Waals surface area contributed by atoms with Gasteiger partial charge in [0.25, 0.3) is 5.91 Å². The van der Waals surface area contributed by atoms with Crippen molar-refractivity contribution in [2.45, 2.75) is 64.3 Å². The molecule has 0 radical (unpaired) electrons. The normalized spacial score (nSPS) is 28.1. The molecule has 0 N–H and O–H groups in total. The Hall–Kier alpha value is -2.55. The largest absolute Gasteiger partial charge is 0.482 e. The van der Waals surface area contributed by atoms with Gasteiger partial charge < -0.3 is 14.4 Å². The van der Waals surface area contributed by atoms with Crippen molar-refractivity contribution < 1.29 is 19.1 Å². The third kappa shape index (κ3) is 4.71. The summed E-state index contributed by atoms with van der Waals surface area (Å²) in [5, 5.41) is 9.13. The second-order valence-electron chi connectivity index (χ2n) is 9.81. The van der Waals surface area contributed by atoms with Gasteiger partial charge in [-0.1, -0.05) is 12.1 Å². The van der Waals surface area contributed by atoms with E-state index in [-0.39, 0.29) is 24.7 Å². The number of carbonyl (C=O) groups is 2. The highest BCUT2D eigenvalue weighted by molar-refractivity contribution is 5.81. The summed E-state index contributed by atoms with van der Waals surface area (Å²) in [5.41, 5.74) is 1.84. The van der Waals surface area contributed by atoms with Crippen molar-refractivity contribution in [1.82, 2.24) is 4.90 Å². The molecule has 1 aromatic rings. The first-order valence-electron chi connectivity index (χ1n) is 11.4. The van der Waals surface area contributed by atoms with E-state index in [0.717, 1.165) is 30.4 Å². The molecule has 5 rings (SSSR count). The van der Waals surface area contributed by atoms with Crippen LogP contribution in [0.5, 0.6) is 5.75 Å². The molecule has 31 heavy (non-hydrogen) atoms. The van der Waals surface area contributed by atoms with Gasteiger partial charge in [0, 0.05) is 12.1 Å². The minimum atomic E-state index is -0.556. The van der Waals surface area contributed by atoms with Crippen LogP contribution in [0.25, 0.3) is 0 Å². The average Bonchev–Trinajstić information content (AvgIpc) is 2.72. The van der Waals surface area contributed by atoms with Gasteiger partial charge in [0.05, 0.1) is 12.5 Å². The van der Waals surface area contributed by atoms with Crippen LogP contribution in [0.4, 0.5) is 0 Å². The molecule has 0 aliphatic heterocycles. The second-order valence-corrected chi connectivity index (χ2v) is 9.81. The maximum absolute atomic E-state index is 13.1. The standard InChI is InChI=1S/C25H32N2O4/c1-17-4-5-18(2)22(8-17)30-16-24(29)31-15-23(28)27(7-3-6-26)25-12-19-9-20(13-25)11-21(10-19)14-25/h4-5,8,19-21H,3,7,9-16H2,1-2H3. The molecular weight excluding hydrogens is 392 g/mol. The highest BCUT2D eigenvalue weighted by Crippen LogP contribution is 2.57. The number of nitrogens with zero attached hydrogens (tertiary/aromatic N) is 2. The van der Waals surface area contributed by atoms with Crippen LogP contribution in [0, 0.1) is 42.9 Å². The van der Waals surface area contributed by atoms with Crippen LogP contribution in [0.3, 0.4) is 0 Å². The van der Waals surface area contributed by atoms with Gasteiger partial charge in [-0.05, 0) is 87.3 Å². The lowest BCUT2D eigenvalue weighted by molar-refractivity contribution is -0.163. The Labute approximate surface area is 184 Å². The van der Waals surface area contributed by atoms with E-state index in [0.29, 0.717) is 36.5 Å². The fourth-order valence-corrected chi connectivity index (χ4v) is 6.45. The Bertz CT molecular complexity index is 853. The summed E-state index contributed by atoms with van der Waals surface area (Å²) in [6.45, 7) is 3.78. The third-order valence-electron chi connectivity index (χ3n) is 7.37. The summed E-state index contributed by atoms with van der Waals surface area (Å²) in [6, 6.07) is 7.98. The fraction of sp³-hybridized carbons (Fsp3) is 0.640. The number of aryl methyl sites for hydroxylation is 2. The van der Waals surface area contributed by atoms with Gasteiger partial charge in [-0.2, -0.15) is 5.26 Å². The molecule has 0 heterocycles. The minimum Gasteiger partial charge on any atom is -0.482 e. The Morgan fingerprint density at radius 1 is 1.10 bits per heavy atom. The summed E-state index contributed by atoms with van der Waals surface area (Å²) >= 11 is 0. The Kier molecular flexibility index (Phi) is 6.22. The van der Waals surface area contributed by atoms with Gasteiger partial charge in [-0.3, -0.25) is 4.79 Å². The molecule has 0 atom stereocenters. The van der Waals surface area contributed by atoms with E-state index in [1.807, 2.05) is 36.9 Å². The van der Waals surface area contributed by atoms with Gasteiger partial charge in [-0.15, -0.1) is 0 Å². The van der Waals surface area contributed by atoms with Gasteiger partial charge in [0.2, 0.25) is 0 Å². The number of benzene rings is 1. The van der Waals surface area contributed by atoms with Crippen LogP contribution in [0.1, 0.15) is 56.1 Å². The average molecular weight is 425 g/mol. The molecular formula is C25H32N2O4. The van der Waals surface area contributed by atoms with E-state index in [9.17, 15) is 9.59 Å². The maximum Gasteiger partial charge on any atom is 0.344 e. The van der Waals surface area contributed by atoms with Crippen LogP contribution in [-0.2, 0) is 14.3 Å². The molecule has 0 spiro atoms. The first-order valence-corrected chi connectivity index (χ1v) is 11.4. The molecule has 4 aliphatic rings. The number of amides is 1. The van der Waals surface area contributed by atoms with Gasteiger partial charge >= 0.3 is 5.97 Å². The molecule has 1 amide bonds. The van der Waals surface area contributed by atoms with Gasteiger partial charge in [0.15, 0.2) is 13.2 Å². The number of hydrogen-bond donors (Lipinski definition) is 0. The third-order valence-corrected chi connectivity index (χ3v) is 7.37. The first-order chi connectivity index (χ1) is 14.9. The molecule has 1 aromatic carbocycles. The van der Waals surface area contributed by atoms with Gasteiger partial charge in [-0.25, -0.2) is 4.79 Å². The topological polar surface area (TPSA) is 79.6 Å². The molecule has 0 aromatic heterocycles. The predicted octanol–water partition coefficient (Wildman–Crippen LogP) is 3.94. The summed E-state index contributed by atoms with van der Waals surface area (Å²) in [5.74, 6) is 1.98. The predicted molar refractivity (Wildman–Crippen MR) is 115 cm³/mol. The van der Waals surface area contributed by atoms with Crippen LogP contribution in [0.15, 0.2) is 18.2 Å². The highest BCUT2D eigenvalue weighted by atomic mass is 16.6. The zero-order chi connectivity index (χ0) is 22.0. The Morgan fingerprint density at radius 2 is 1.74 bits per heavy atom. The number of ether oxygens (including phenoxy) is 2. The van der Waals surface area contributed by atoms with Crippen molar-refractivity contribution in [3.8, 4) is 11.8 Å². The summed E-state index contributed by atoms with van der Waals surface area (Å²) in [7, 11) is 0. The fourth-order valence-electron chi connectivity index (χ4n) is 6.45. The number of nitriles is 1. The molecule has 4 bridgehead atoms. The first kappa shape index (κ1) is 21.7. The lowest BCUT2D eigenvalue weighted by Crippen LogP contribution is -2.62. The van der Waals surface area contributed by atoms with Gasteiger partial charge in [0.1, 0.15) is 5.75 Å². The molecule has 6 heteroatoms. The van der Waals surface area contributed by atoms with Crippen LogP contribution in [0.2, 0.25) is 0 Å². The van der Waals surface area contributed by atoms with E-state index in [1.165, 1.54) is 19.3 Å². The van der Waals surface area contributed by atoms with Crippen molar-refractivity contribution in [3.05, 3.63) is 29.3 Å². The minimum absolute atomic E-state index is 0.149. The van der Waals surface area contributed by atoms with Crippen molar-refractivity contribution in [2.75, 3.05) is 19.8 Å². The molecule has 0 unspecified atom stereocenters. The number of hydrogen-bond acceptors (Lipinski definition) is 5. The smallest absolute Gasteiger partial charge is 0.344 e. The van der Waals surface area contributed by atoms with Crippen LogP contribution < -0.4 is 4.74 Å². The SMILES string of the molecule is Cc1ccc(C)c(OCC(=O)OCC(=O)N(CCC#N)C23CC4CC(CC(C4)C2)C3)c1. The van der Waals surface area contributed by atoms with E-state index < -0.39 is 5.97 Å². The van der Waals surface area contributed by atoms with E-state index in [4.69, 9.17) is 14.7 Å². The quantitative estimate of drug-likeness (QED) is 0.591. The molecule has 0 saturated heterocycles. The number of esters is 1. The molecule has 166 valence electrons. The van der Waals surface area contributed by atoms with Crippen molar-refractivity contribution >= 4 is 11.9 Å². The van der Waals surface area contributed by atoms with Crippen molar-refractivity contribution in [1.29, 1.82) is 5.26 Å². The number of carbonyl (C=O) groups excluding carboxylic acids is 2. The summed E-state index contributed by atoms with van der Waals surface area (Å²) in [4.78, 5) is 27.3. The zero-order valence-electron chi connectivity index (χ0n) is 18.6. The molecule has 4 fully saturated rings. The molecule has 4 aliphatic carbocycles. The summed E-state index contributed by atoms with van der Waals surface area (Å²) in [6.07, 6.45) is 7.23. The van der Waals surface area contributed by atoms with Crippen LogP contribution in [-0.4, -0.2) is 42.1 Å². The van der Waals surface area contributed by atoms with Crippen molar-refractivity contribution in [2.24, 2.45) is 17.8 Å². The highest BCUT2D eigenvalue weighted by Gasteiger charge is 2.54. The second kappa shape index (κ2) is 8.90. The van der Waals surface area contributed by atoms with E-state index in [1.54, 1.807) is 0 Å². The lowest BCUT2D eigenvalue weighted by atomic mass is 9.52. The lowest BCUT2D eigenvalue weighted by Gasteiger charge is -2.60. The van der Waals surface area contributed by atoms with E-state index >= 15 is 0 Å². The van der Waals surface area contributed by atoms with Crippen molar-refractivity contribution in [3.63, 3.8) is 0 Å². The molecule has 6 nitrogen and oxygen atoms in total. The monoisotopic (exact) mass is 424 g/mol. The number of rotatable bonds is 8. The maximum atomic E-state index is 13.1. The Morgan fingerprint density at radius 3 is 2.35 bits per heavy atom. The van der Waals surface area contributed by atoms with E-state index in [2.05, 4.69) is 6.07 Å². The zero-order valence-corrected chi connectivity index (χ0v) is 18.6. The molecule has 4 saturated carbocycles. The summed E-state index contributed by atoms with van der Waals surface area (Å²) < 4.78 is 10.9. The van der Waals surface area contributed by atoms with Crippen LogP contribution >= 0.6 is 0 Å². The Balaban J connectivity index is 1.35.